The first-order valence-corrected chi connectivity index (χ1v) is 43.7. The normalized spacial score (nSPS) is 11.3. The first-order chi connectivity index (χ1) is 57.1. The predicted octanol–water partition coefficient (Wildman–Crippen LogP) is 19.1. The fourth-order valence-corrected chi connectivity index (χ4v) is 12.1. The number of unbranched alkanes of at least 4 members (excludes halogenated alkanes) is 27. The van der Waals surface area contributed by atoms with Crippen LogP contribution in [-0.4, -0.2) is 210 Å². The molecule has 4 rings (SSSR count). The van der Waals surface area contributed by atoms with Gasteiger partial charge < -0.3 is 91.2 Å². The molecule has 25 nitrogen and oxygen atoms in total. The maximum atomic E-state index is 13.9. The molecule has 4 aromatic carbocycles. The number of nitrogens with one attached hydrogen (secondary N) is 2. The Morgan fingerprint density at radius 2 is 0.500 bits per heavy atom. The van der Waals surface area contributed by atoms with E-state index in [1.165, 1.54) is 166 Å². The molecular formula is C91H146N4O21. The molecule has 0 aliphatic heterocycles. The quantitative estimate of drug-likeness (QED) is 0.0236. The van der Waals surface area contributed by atoms with Crippen molar-refractivity contribution in [3.05, 3.63) is 95.1 Å². The van der Waals surface area contributed by atoms with Gasteiger partial charge in [0.15, 0.2) is 23.0 Å². The fraction of sp³-hybridized carbons (Fsp3) is 0.692. The van der Waals surface area contributed by atoms with Gasteiger partial charge in [-0.2, -0.15) is 10.2 Å². The predicted molar refractivity (Wildman–Crippen MR) is 453 cm³/mol. The van der Waals surface area contributed by atoms with E-state index in [0.717, 1.165) is 38.5 Å². The minimum atomic E-state index is -0.652. The molecule has 656 valence electrons. The lowest BCUT2D eigenvalue weighted by atomic mass is 10.1. The molecule has 0 aliphatic rings. The van der Waals surface area contributed by atoms with Crippen LogP contribution in [0.25, 0.3) is 0 Å². The van der Waals surface area contributed by atoms with E-state index in [2.05, 4.69) is 41.6 Å². The summed E-state index contributed by atoms with van der Waals surface area (Å²) in [5.41, 5.74) is 2.31. The van der Waals surface area contributed by atoms with Crippen LogP contribution in [0, 0.1) is 0 Å². The van der Waals surface area contributed by atoms with Crippen molar-refractivity contribution >= 4 is 35.1 Å². The van der Waals surface area contributed by atoms with Gasteiger partial charge in [0.05, 0.1) is 155 Å². The number of amides is 2. The Labute approximate surface area is 694 Å². The van der Waals surface area contributed by atoms with Gasteiger partial charge in [-0.15, -0.1) is 0 Å². The zero-order chi connectivity index (χ0) is 82.9. The van der Waals surface area contributed by atoms with Crippen LogP contribution in [0.3, 0.4) is 0 Å². The second-order valence-corrected chi connectivity index (χ2v) is 28.7. The Balaban J connectivity index is 1.30. The molecule has 0 heterocycles. The Kier molecular flexibility index (Phi) is 62.7. The zero-order valence-corrected chi connectivity index (χ0v) is 71.7. The average Bonchev–Trinajstić information content (AvgIpc) is 0.819. The molecule has 0 aromatic heterocycles. The highest BCUT2D eigenvalue weighted by molar-refractivity contribution is 5.95. The average molecular weight is 1630 g/mol. The van der Waals surface area contributed by atoms with Crippen LogP contribution in [0.5, 0.6) is 34.5 Å². The third kappa shape index (κ3) is 50.5. The van der Waals surface area contributed by atoms with Gasteiger partial charge in [-0.25, -0.2) is 9.59 Å². The summed E-state index contributed by atoms with van der Waals surface area (Å²) >= 11 is 0. The second kappa shape index (κ2) is 71.9. The van der Waals surface area contributed by atoms with Crippen molar-refractivity contribution < 1.29 is 99.7 Å². The molecule has 0 saturated carbocycles. The number of hydrogen-bond acceptors (Lipinski definition) is 23. The van der Waals surface area contributed by atoms with Crippen molar-refractivity contribution in [2.45, 2.75) is 226 Å². The summed E-state index contributed by atoms with van der Waals surface area (Å²) < 4.78 is 98.4. The molecule has 2 N–H and O–H groups in total. The van der Waals surface area contributed by atoms with E-state index in [-0.39, 0.29) is 101 Å². The smallest absolute Gasteiger partial charge is 0.338 e. The second-order valence-electron chi connectivity index (χ2n) is 28.7. The highest BCUT2D eigenvalue weighted by atomic mass is 16.6. The number of ether oxygens (including phenoxy) is 17. The lowest BCUT2D eigenvalue weighted by molar-refractivity contribution is 0.0146. The van der Waals surface area contributed by atoms with Gasteiger partial charge >= 0.3 is 11.9 Å². The molecule has 0 unspecified atom stereocenters. The van der Waals surface area contributed by atoms with Crippen LogP contribution in [0.15, 0.2) is 83.0 Å². The van der Waals surface area contributed by atoms with E-state index in [1.807, 2.05) is 0 Å². The summed E-state index contributed by atoms with van der Waals surface area (Å²) in [6, 6.07) is 19.9. The monoisotopic (exact) mass is 1630 g/mol. The Morgan fingerprint density at radius 3 is 0.793 bits per heavy atom. The van der Waals surface area contributed by atoms with Crippen molar-refractivity contribution in [3.63, 3.8) is 0 Å². The number of carbonyl (C=O) groups is 4. The molecule has 0 spiro atoms. The van der Waals surface area contributed by atoms with Crippen molar-refractivity contribution in [3.8, 4) is 34.5 Å². The standard InChI is InChI=1S/C91H146N4O21/c1-7-10-13-16-19-22-25-28-31-34-49-109-82-72-78(73-83(110-50-35-32-29-26-23-20-17-14-11-8-2)86(82)113-51-36-33-30-27-24-21-18-15-12-9-3)90(98)115-52-37-47-92-88(96)76-39-43-80(44-40-76)94-95-81-45-41-77(42-46-81)89(97)93-48-38-53-116-91(99)79-74-84(111-69-66-106-63-60-103-57-54-100-4)87(114-71-68-108-65-62-105-59-56-102-6)85(75-79)112-70-67-107-64-61-104-58-55-101-5/h39-46,72-75H,7-38,47-71H2,1-6H3,(H,92,96)(H,93,97). The van der Waals surface area contributed by atoms with Crippen molar-refractivity contribution in [2.75, 3.05) is 186 Å². The Morgan fingerprint density at radius 1 is 0.259 bits per heavy atom. The zero-order valence-electron chi connectivity index (χ0n) is 71.7. The molecule has 2 amide bonds. The molecule has 0 fully saturated rings. The van der Waals surface area contributed by atoms with E-state index in [9.17, 15) is 19.2 Å². The van der Waals surface area contributed by atoms with Crippen LogP contribution in [-0.2, 0) is 52.1 Å². The summed E-state index contributed by atoms with van der Waals surface area (Å²) in [6.45, 7) is 14.8. The first kappa shape index (κ1) is 101. The Bertz CT molecular complexity index is 3000. The van der Waals surface area contributed by atoms with Crippen molar-refractivity contribution in [2.24, 2.45) is 10.2 Å². The number of azo groups is 1. The Hall–Kier alpha value is -7.20. The van der Waals surface area contributed by atoms with Gasteiger partial charge in [0.25, 0.3) is 11.8 Å². The lowest BCUT2D eigenvalue weighted by Crippen LogP contribution is -2.25. The van der Waals surface area contributed by atoms with Crippen molar-refractivity contribution in [1.82, 2.24) is 10.6 Å². The third-order valence-corrected chi connectivity index (χ3v) is 18.8. The number of hydrogen-bond donors (Lipinski definition) is 2. The summed E-state index contributed by atoms with van der Waals surface area (Å²) in [7, 11) is 4.82. The topological polar surface area (TPSA) is 274 Å². The number of nitrogens with zero attached hydrogens (tertiary/aromatic N) is 2. The largest absolute Gasteiger partial charge is 0.490 e. The van der Waals surface area contributed by atoms with E-state index >= 15 is 0 Å². The minimum absolute atomic E-state index is 0.0121. The molecule has 116 heavy (non-hydrogen) atoms. The highest BCUT2D eigenvalue weighted by Gasteiger charge is 2.23. The SMILES string of the molecule is CCCCCCCCCCCCOc1cc(C(=O)OCCCNC(=O)c2ccc(N=Nc3ccc(C(=O)NCCCOC(=O)c4cc(OCCOCCOCCOC)c(OCCOCCOCCOC)c(OCCOCCOCCOC)c4)cc3)cc2)cc(OCCCCCCCCCCCC)c1OCCCCCCCCCCCC. The maximum absolute atomic E-state index is 13.9. The summed E-state index contributed by atoms with van der Waals surface area (Å²) in [6.07, 6.45) is 37.3. The third-order valence-electron chi connectivity index (χ3n) is 18.8. The molecular weight excluding hydrogens is 1490 g/mol. The summed E-state index contributed by atoms with van der Waals surface area (Å²) in [5, 5.41) is 14.5. The van der Waals surface area contributed by atoms with E-state index < -0.39 is 11.9 Å². The highest BCUT2D eigenvalue weighted by Crippen LogP contribution is 2.41. The molecule has 25 heteroatoms. The van der Waals surface area contributed by atoms with E-state index in [0.29, 0.717) is 157 Å². The molecule has 0 aliphatic carbocycles. The molecule has 0 bridgehead atoms. The van der Waals surface area contributed by atoms with Gasteiger partial charge in [0.2, 0.25) is 11.5 Å². The van der Waals surface area contributed by atoms with Crippen molar-refractivity contribution in [1.29, 1.82) is 0 Å². The van der Waals surface area contributed by atoms with Gasteiger partial charge in [0, 0.05) is 45.5 Å². The maximum Gasteiger partial charge on any atom is 0.338 e. The van der Waals surface area contributed by atoms with Crippen LogP contribution < -0.4 is 39.1 Å². The first-order valence-electron chi connectivity index (χ1n) is 43.7. The number of methoxy groups -OCH3 is 3. The molecule has 0 saturated heterocycles. The van der Waals surface area contributed by atoms with Crippen LogP contribution >= 0.6 is 0 Å². The van der Waals surface area contributed by atoms with E-state index in [4.69, 9.17) is 80.5 Å². The van der Waals surface area contributed by atoms with Gasteiger partial charge in [-0.1, -0.05) is 194 Å². The molecule has 4 aromatic rings. The lowest BCUT2D eigenvalue weighted by Gasteiger charge is -2.19. The number of carbonyl (C=O) groups excluding carboxylic acids is 4. The van der Waals surface area contributed by atoms with Gasteiger partial charge in [-0.3, -0.25) is 9.59 Å². The minimum Gasteiger partial charge on any atom is -0.490 e. The van der Waals surface area contributed by atoms with Gasteiger partial charge in [0.1, 0.15) is 19.8 Å². The number of rotatable bonds is 80. The molecule has 0 radical (unpaired) electrons. The van der Waals surface area contributed by atoms with Crippen LogP contribution in [0.1, 0.15) is 268 Å². The van der Waals surface area contributed by atoms with Crippen LogP contribution in [0.4, 0.5) is 11.4 Å². The number of esters is 2. The van der Waals surface area contributed by atoms with Crippen LogP contribution in [0.2, 0.25) is 0 Å². The van der Waals surface area contributed by atoms with Gasteiger partial charge in [-0.05, 0) is 105 Å². The molecule has 0 atom stereocenters. The fourth-order valence-electron chi connectivity index (χ4n) is 12.1. The van der Waals surface area contributed by atoms with E-state index in [1.54, 1.807) is 82.0 Å². The summed E-state index contributed by atoms with van der Waals surface area (Å²) in [5.74, 6) is 0.474. The number of benzene rings is 4. The summed E-state index contributed by atoms with van der Waals surface area (Å²) in [4.78, 5) is 54.1.